The van der Waals surface area contributed by atoms with Crippen LogP contribution in [0.5, 0.6) is 0 Å². The van der Waals surface area contributed by atoms with Gasteiger partial charge in [0.15, 0.2) is 0 Å². The molecule has 2 aromatic carbocycles. The number of alkyl carbamates (subject to hydrolysis) is 1. The molecular formula is C28H33ClFN5O4. The lowest BCUT2D eigenvalue weighted by Gasteiger charge is -2.40. The number of aliphatic imine (C=N–C) groups is 2. The Morgan fingerprint density at radius 3 is 2.62 bits per heavy atom. The third-order valence-electron chi connectivity index (χ3n) is 7.52. The zero-order valence-corrected chi connectivity index (χ0v) is 22.7. The smallest absolute Gasteiger partial charge is 0.407 e. The zero-order chi connectivity index (χ0) is 28.2. The molecule has 208 valence electrons. The van der Waals surface area contributed by atoms with E-state index in [4.69, 9.17) is 27.1 Å². The van der Waals surface area contributed by atoms with Crippen LogP contribution in [0.2, 0.25) is 5.02 Å². The number of ether oxygens (including phenoxy) is 1. The quantitative estimate of drug-likeness (QED) is 0.410. The Balaban J connectivity index is 1.49. The molecule has 5 N–H and O–H groups in total. The number of amides is 2. The van der Waals surface area contributed by atoms with Crippen LogP contribution in [0.25, 0.3) is 0 Å². The van der Waals surface area contributed by atoms with Crippen LogP contribution in [-0.2, 0) is 4.74 Å². The molecule has 1 unspecified atom stereocenters. The van der Waals surface area contributed by atoms with Crippen LogP contribution in [0.1, 0.15) is 60.1 Å². The number of amidine groups is 1. The van der Waals surface area contributed by atoms with Gasteiger partial charge in [0.2, 0.25) is 0 Å². The maximum Gasteiger partial charge on any atom is 0.407 e. The van der Waals surface area contributed by atoms with Crippen molar-refractivity contribution in [2.24, 2.45) is 21.6 Å². The standard InChI is InChI=1S/C28H33ClFN5O4/c1-28(18-7-9-20(10-8-18)33-27(38)39-2)15-32-25(31)24(35-28)17-6-11-21(22(30)13-17)26(37)34-23(14-36)16-4-3-5-19(29)12-16/h3-6,11-13,18,20,23,36H,7-10,14-15H2,1-2H3,(H2,31,32)(H,33,38)(H,34,37)/t18-,20-,23-,28?/m1/s1. The first kappa shape index (κ1) is 28.5. The fourth-order valence-electron chi connectivity index (χ4n) is 5.23. The lowest BCUT2D eigenvalue weighted by atomic mass is 9.74. The molecule has 1 saturated carbocycles. The van der Waals surface area contributed by atoms with Crippen LogP contribution >= 0.6 is 11.6 Å². The van der Waals surface area contributed by atoms with Crippen molar-refractivity contribution < 1.29 is 23.8 Å². The Morgan fingerprint density at radius 2 is 1.97 bits per heavy atom. The number of carbonyl (C=O) groups excluding carboxylic acids is 2. The van der Waals surface area contributed by atoms with Crippen LogP contribution in [0.3, 0.4) is 0 Å². The summed E-state index contributed by atoms with van der Waals surface area (Å²) < 4.78 is 19.9. The van der Waals surface area contributed by atoms with E-state index >= 15 is 4.39 Å². The van der Waals surface area contributed by atoms with Gasteiger partial charge in [0.1, 0.15) is 17.4 Å². The van der Waals surface area contributed by atoms with E-state index in [-0.39, 0.29) is 30.0 Å². The highest BCUT2D eigenvalue weighted by Gasteiger charge is 2.39. The minimum atomic E-state index is -0.751. The predicted molar refractivity (Wildman–Crippen MR) is 148 cm³/mol. The molecule has 2 atom stereocenters. The first-order valence-electron chi connectivity index (χ1n) is 12.8. The van der Waals surface area contributed by atoms with Gasteiger partial charge in [-0.3, -0.25) is 14.8 Å². The molecule has 0 spiro atoms. The van der Waals surface area contributed by atoms with Crippen molar-refractivity contribution in [3.8, 4) is 0 Å². The summed E-state index contributed by atoms with van der Waals surface area (Å²) in [4.78, 5) is 33.9. The molecule has 9 nitrogen and oxygen atoms in total. The number of nitrogens with one attached hydrogen (secondary N) is 2. The minimum absolute atomic E-state index is 0.0509. The molecule has 0 bridgehead atoms. The molecular weight excluding hydrogens is 525 g/mol. The van der Waals surface area contributed by atoms with E-state index in [1.807, 2.05) is 6.92 Å². The number of aliphatic hydroxyl groups excluding tert-OH is 1. The molecule has 4 rings (SSSR count). The first-order chi connectivity index (χ1) is 18.6. The third kappa shape index (κ3) is 6.57. The second-order valence-corrected chi connectivity index (χ2v) is 10.6. The van der Waals surface area contributed by atoms with Gasteiger partial charge in [-0.25, -0.2) is 9.18 Å². The largest absolute Gasteiger partial charge is 0.453 e. The number of nitrogens with zero attached hydrogens (tertiary/aromatic N) is 2. The molecule has 1 fully saturated rings. The second-order valence-electron chi connectivity index (χ2n) is 10.2. The lowest BCUT2D eigenvalue weighted by Crippen LogP contribution is -2.47. The SMILES string of the molecule is COC(=O)N[C@H]1CC[C@H](C2(C)CN=C(N)C(c3ccc(C(=O)N[C@H](CO)c4cccc(Cl)c4)c(F)c3)=N2)CC1. The van der Waals surface area contributed by atoms with Gasteiger partial charge in [0.05, 0.1) is 37.4 Å². The maximum atomic E-state index is 15.2. The fraction of sp³-hybridized carbons (Fsp3) is 0.429. The van der Waals surface area contributed by atoms with E-state index in [0.29, 0.717) is 28.4 Å². The Labute approximate surface area is 231 Å². The first-order valence-corrected chi connectivity index (χ1v) is 13.2. The van der Waals surface area contributed by atoms with Crippen molar-refractivity contribution in [1.82, 2.24) is 10.6 Å². The summed E-state index contributed by atoms with van der Waals surface area (Å²) in [6, 6.07) is 10.2. The van der Waals surface area contributed by atoms with Crippen LogP contribution in [-0.4, -0.2) is 60.5 Å². The Kier molecular flexibility index (Phi) is 8.87. The molecule has 2 aromatic rings. The number of benzene rings is 2. The van der Waals surface area contributed by atoms with Gasteiger partial charge in [-0.15, -0.1) is 0 Å². The Morgan fingerprint density at radius 1 is 1.23 bits per heavy atom. The Bertz CT molecular complexity index is 1290. The van der Waals surface area contributed by atoms with Crippen molar-refractivity contribution >= 4 is 35.1 Å². The molecule has 0 radical (unpaired) electrons. The molecule has 1 aliphatic heterocycles. The minimum Gasteiger partial charge on any atom is -0.453 e. The van der Waals surface area contributed by atoms with Crippen LogP contribution in [0.4, 0.5) is 9.18 Å². The summed E-state index contributed by atoms with van der Waals surface area (Å²) in [5.41, 5.74) is 6.88. The fourth-order valence-corrected chi connectivity index (χ4v) is 5.43. The summed E-state index contributed by atoms with van der Waals surface area (Å²) in [5, 5.41) is 15.7. The van der Waals surface area contributed by atoms with E-state index in [9.17, 15) is 14.7 Å². The molecule has 2 aliphatic rings. The van der Waals surface area contributed by atoms with E-state index < -0.39 is 29.4 Å². The van der Waals surface area contributed by atoms with E-state index in [1.54, 1.807) is 30.3 Å². The number of rotatable bonds is 7. The Hall–Kier alpha value is -3.50. The van der Waals surface area contributed by atoms with Gasteiger partial charge in [0.25, 0.3) is 5.91 Å². The summed E-state index contributed by atoms with van der Waals surface area (Å²) in [6.07, 6.45) is 2.83. The summed E-state index contributed by atoms with van der Waals surface area (Å²) in [5.74, 6) is -0.999. The molecule has 1 aliphatic carbocycles. The number of aliphatic hydroxyl groups is 1. The summed E-state index contributed by atoms with van der Waals surface area (Å²) in [6.45, 7) is 2.05. The average Bonchev–Trinajstić information content (AvgIpc) is 2.93. The number of methoxy groups -OCH3 is 1. The number of hydrogen-bond acceptors (Lipinski definition) is 7. The normalized spacial score (nSPS) is 23.7. The van der Waals surface area contributed by atoms with Crippen molar-refractivity contribution in [1.29, 1.82) is 0 Å². The molecule has 11 heteroatoms. The topological polar surface area (TPSA) is 138 Å². The van der Waals surface area contributed by atoms with Crippen molar-refractivity contribution in [3.63, 3.8) is 0 Å². The highest BCUT2D eigenvalue weighted by Crippen LogP contribution is 2.37. The number of hydrogen-bond donors (Lipinski definition) is 4. The van der Waals surface area contributed by atoms with Gasteiger partial charge in [-0.2, -0.15) is 0 Å². The molecule has 0 aromatic heterocycles. The van der Waals surface area contributed by atoms with E-state index in [0.717, 1.165) is 25.7 Å². The zero-order valence-electron chi connectivity index (χ0n) is 21.9. The average molecular weight is 558 g/mol. The van der Waals surface area contributed by atoms with Gasteiger partial charge in [-0.1, -0.05) is 29.8 Å². The monoisotopic (exact) mass is 557 g/mol. The van der Waals surface area contributed by atoms with E-state index in [2.05, 4.69) is 15.6 Å². The highest BCUT2D eigenvalue weighted by molar-refractivity contribution is 6.47. The van der Waals surface area contributed by atoms with Crippen LogP contribution in [0.15, 0.2) is 52.4 Å². The van der Waals surface area contributed by atoms with Gasteiger partial charge in [-0.05, 0) is 68.4 Å². The molecule has 2 amide bonds. The number of carbonyl (C=O) groups is 2. The van der Waals surface area contributed by atoms with Crippen molar-refractivity contribution in [2.75, 3.05) is 20.3 Å². The summed E-state index contributed by atoms with van der Waals surface area (Å²) >= 11 is 6.02. The van der Waals surface area contributed by atoms with Crippen LogP contribution < -0.4 is 16.4 Å². The van der Waals surface area contributed by atoms with Gasteiger partial charge < -0.3 is 26.2 Å². The third-order valence-corrected chi connectivity index (χ3v) is 7.75. The lowest BCUT2D eigenvalue weighted by molar-refractivity contribution is 0.0912. The van der Waals surface area contributed by atoms with Crippen molar-refractivity contribution in [2.45, 2.75) is 50.2 Å². The highest BCUT2D eigenvalue weighted by atomic mass is 35.5. The number of nitrogens with two attached hydrogens (primary N) is 1. The van der Waals surface area contributed by atoms with Crippen LogP contribution in [0, 0.1) is 11.7 Å². The predicted octanol–water partition coefficient (Wildman–Crippen LogP) is 3.78. The van der Waals surface area contributed by atoms with Crippen molar-refractivity contribution in [3.05, 3.63) is 70.0 Å². The molecule has 39 heavy (non-hydrogen) atoms. The van der Waals surface area contributed by atoms with E-state index in [1.165, 1.54) is 19.2 Å². The number of halogens is 2. The molecule has 1 heterocycles. The van der Waals surface area contributed by atoms with Gasteiger partial charge in [0, 0.05) is 16.6 Å². The second kappa shape index (κ2) is 12.1. The van der Waals surface area contributed by atoms with Gasteiger partial charge >= 0.3 is 6.09 Å². The molecule has 0 saturated heterocycles. The summed E-state index contributed by atoms with van der Waals surface area (Å²) in [7, 11) is 1.34. The maximum absolute atomic E-state index is 15.2.